The van der Waals surface area contributed by atoms with E-state index >= 15 is 0 Å². The number of fused-ring (bicyclic) bond motifs is 1. The van der Waals surface area contributed by atoms with E-state index in [0.29, 0.717) is 17.8 Å². The van der Waals surface area contributed by atoms with Gasteiger partial charge < -0.3 is 4.42 Å². The van der Waals surface area contributed by atoms with E-state index in [1.807, 2.05) is 57.2 Å². The van der Waals surface area contributed by atoms with Gasteiger partial charge in [-0.25, -0.2) is 9.48 Å². The van der Waals surface area contributed by atoms with Gasteiger partial charge in [0.05, 0.1) is 6.54 Å². The van der Waals surface area contributed by atoms with Crippen molar-refractivity contribution in [3.05, 3.63) is 58.1 Å². The van der Waals surface area contributed by atoms with Gasteiger partial charge in [-0.3, -0.25) is 0 Å². The molecule has 108 valence electrons. The molecule has 0 radical (unpaired) electrons. The standard InChI is InChI=1S/C16H17N3O2/c1-16(2,3)13-9-12-14(15(20)21-13)17-18-19(12)10-11-7-5-4-6-8-11/h4-9H,10H2,1-3H3. The molecule has 3 aromatic rings. The molecule has 2 aromatic heterocycles. The maximum absolute atomic E-state index is 12.0. The molecule has 0 saturated heterocycles. The summed E-state index contributed by atoms with van der Waals surface area (Å²) in [5.74, 6) is 0.636. The number of rotatable bonds is 2. The first kappa shape index (κ1) is 13.5. The lowest BCUT2D eigenvalue weighted by Gasteiger charge is -2.16. The summed E-state index contributed by atoms with van der Waals surface area (Å²) in [6.45, 7) is 6.58. The Balaban J connectivity index is 2.12. The normalized spacial score (nSPS) is 12.0. The molecule has 0 unspecified atom stereocenters. The van der Waals surface area contributed by atoms with Gasteiger partial charge in [0, 0.05) is 11.5 Å². The summed E-state index contributed by atoms with van der Waals surface area (Å²) in [5.41, 5.74) is 1.42. The van der Waals surface area contributed by atoms with Crippen LogP contribution in [-0.4, -0.2) is 15.0 Å². The summed E-state index contributed by atoms with van der Waals surface area (Å²) in [6.07, 6.45) is 0. The van der Waals surface area contributed by atoms with Gasteiger partial charge >= 0.3 is 5.63 Å². The Morgan fingerprint density at radius 1 is 1.19 bits per heavy atom. The molecule has 0 aliphatic carbocycles. The van der Waals surface area contributed by atoms with E-state index in [0.717, 1.165) is 5.56 Å². The number of hydrogen-bond acceptors (Lipinski definition) is 4. The van der Waals surface area contributed by atoms with Crippen molar-refractivity contribution in [3.63, 3.8) is 0 Å². The van der Waals surface area contributed by atoms with Crippen LogP contribution in [0.5, 0.6) is 0 Å². The molecule has 21 heavy (non-hydrogen) atoms. The summed E-state index contributed by atoms with van der Waals surface area (Å²) in [6, 6.07) is 11.8. The van der Waals surface area contributed by atoms with E-state index < -0.39 is 5.63 Å². The van der Waals surface area contributed by atoms with E-state index in [-0.39, 0.29) is 10.9 Å². The largest absolute Gasteiger partial charge is 0.426 e. The second-order valence-electron chi connectivity index (χ2n) is 6.11. The molecule has 0 bridgehead atoms. The lowest BCUT2D eigenvalue weighted by Crippen LogP contribution is -2.15. The van der Waals surface area contributed by atoms with E-state index in [1.165, 1.54) is 0 Å². The molecule has 0 fully saturated rings. The molecule has 1 aromatic carbocycles. The fourth-order valence-corrected chi connectivity index (χ4v) is 2.15. The van der Waals surface area contributed by atoms with Crippen LogP contribution in [0.4, 0.5) is 0 Å². The Morgan fingerprint density at radius 2 is 1.90 bits per heavy atom. The van der Waals surface area contributed by atoms with Crippen LogP contribution in [-0.2, 0) is 12.0 Å². The van der Waals surface area contributed by atoms with Crippen molar-refractivity contribution in [2.45, 2.75) is 32.7 Å². The summed E-state index contributed by atoms with van der Waals surface area (Å²) in [7, 11) is 0. The quantitative estimate of drug-likeness (QED) is 0.725. The predicted octanol–water partition coefficient (Wildman–Crippen LogP) is 2.73. The molecular formula is C16H17N3O2. The van der Waals surface area contributed by atoms with Crippen LogP contribution in [0.25, 0.3) is 11.0 Å². The first-order valence-corrected chi connectivity index (χ1v) is 6.87. The third kappa shape index (κ3) is 2.59. The molecule has 0 aliphatic heterocycles. The molecular weight excluding hydrogens is 266 g/mol. The van der Waals surface area contributed by atoms with Gasteiger partial charge in [0.15, 0.2) is 5.52 Å². The van der Waals surface area contributed by atoms with Crippen molar-refractivity contribution in [1.29, 1.82) is 0 Å². The van der Waals surface area contributed by atoms with Crippen LogP contribution in [0.2, 0.25) is 0 Å². The zero-order valence-electron chi connectivity index (χ0n) is 12.3. The van der Waals surface area contributed by atoms with Gasteiger partial charge in [-0.05, 0) is 5.56 Å². The molecule has 2 heterocycles. The van der Waals surface area contributed by atoms with Crippen LogP contribution in [0, 0.1) is 0 Å². The lowest BCUT2D eigenvalue weighted by atomic mass is 9.93. The summed E-state index contributed by atoms with van der Waals surface area (Å²) >= 11 is 0. The average molecular weight is 283 g/mol. The second kappa shape index (κ2) is 4.84. The molecule has 0 amide bonds. The first-order chi connectivity index (χ1) is 9.95. The SMILES string of the molecule is CC(C)(C)c1cc2c(nnn2Cc2ccccc2)c(=O)o1. The fourth-order valence-electron chi connectivity index (χ4n) is 2.15. The Hall–Kier alpha value is -2.43. The Labute approximate surface area is 122 Å². The molecule has 0 saturated carbocycles. The maximum Gasteiger partial charge on any atom is 0.366 e. The highest BCUT2D eigenvalue weighted by molar-refractivity contribution is 5.73. The second-order valence-corrected chi connectivity index (χ2v) is 6.11. The van der Waals surface area contributed by atoms with E-state index in [9.17, 15) is 4.79 Å². The number of benzene rings is 1. The topological polar surface area (TPSA) is 60.9 Å². The molecule has 0 aliphatic rings. The van der Waals surface area contributed by atoms with Gasteiger partial charge in [-0.2, -0.15) is 0 Å². The third-order valence-corrected chi connectivity index (χ3v) is 3.35. The molecule has 5 heteroatoms. The fraction of sp³-hybridized carbons (Fsp3) is 0.312. The van der Waals surface area contributed by atoms with Crippen molar-refractivity contribution in [2.24, 2.45) is 0 Å². The van der Waals surface area contributed by atoms with Crippen LogP contribution in [0.3, 0.4) is 0 Å². The van der Waals surface area contributed by atoms with Crippen LogP contribution >= 0.6 is 0 Å². The Bertz CT molecular complexity index is 826. The minimum absolute atomic E-state index is 0.241. The summed E-state index contributed by atoms with van der Waals surface area (Å²) in [4.78, 5) is 12.0. The van der Waals surface area contributed by atoms with Crippen molar-refractivity contribution >= 4 is 11.0 Å². The van der Waals surface area contributed by atoms with Crippen molar-refractivity contribution in [1.82, 2.24) is 15.0 Å². The van der Waals surface area contributed by atoms with Crippen molar-refractivity contribution in [3.8, 4) is 0 Å². The summed E-state index contributed by atoms with van der Waals surface area (Å²) < 4.78 is 7.08. The maximum atomic E-state index is 12.0. The lowest BCUT2D eigenvalue weighted by molar-refractivity contribution is 0.381. The minimum atomic E-state index is -0.434. The Kier molecular flexibility index (Phi) is 3.12. The van der Waals surface area contributed by atoms with Crippen LogP contribution in [0.15, 0.2) is 45.6 Å². The molecule has 0 spiro atoms. The Morgan fingerprint density at radius 3 is 2.57 bits per heavy atom. The number of nitrogens with zero attached hydrogens (tertiary/aromatic N) is 3. The molecule has 5 nitrogen and oxygen atoms in total. The highest BCUT2D eigenvalue weighted by Gasteiger charge is 2.21. The highest BCUT2D eigenvalue weighted by atomic mass is 16.4. The first-order valence-electron chi connectivity index (χ1n) is 6.87. The summed E-state index contributed by atoms with van der Waals surface area (Å²) in [5, 5.41) is 8.03. The zero-order chi connectivity index (χ0) is 15.0. The molecule has 3 rings (SSSR count). The van der Waals surface area contributed by atoms with Gasteiger partial charge in [0.25, 0.3) is 0 Å². The van der Waals surface area contributed by atoms with Crippen LogP contribution in [0.1, 0.15) is 32.1 Å². The van der Waals surface area contributed by atoms with Gasteiger partial charge in [0.1, 0.15) is 11.3 Å². The van der Waals surface area contributed by atoms with Crippen molar-refractivity contribution < 1.29 is 4.42 Å². The molecule has 0 atom stereocenters. The zero-order valence-corrected chi connectivity index (χ0v) is 12.3. The average Bonchev–Trinajstić information content (AvgIpc) is 2.83. The third-order valence-electron chi connectivity index (χ3n) is 3.35. The molecule has 0 N–H and O–H groups in total. The predicted molar refractivity (Wildman–Crippen MR) is 80.3 cm³/mol. The van der Waals surface area contributed by atoms with Gasteiger partial charge in [-0.15, -0.1) is 5.10 Å². The van der Waals surface area contributed by atoms with Gasteiger partial charge in [-0.1, -0.05) is 56.3 Å². The van der Waals surface area contributed by atoms with Gasteiger partial charge in [0.2, 0.25) is 0 Å². The van der Waals surface area contributed by atoms with Crippen LogP contribution < -0.4 is 5.63 Å². The van der Waals surface area contributed by atoms with E-state index in [1.54, 1.807) is 4.68 Å². The number of aromatic nitrogens is 3. The van der Waals surface area contributed by atoms with E-state index in [2.05, 4.69) is 10.3 Å². The highest BCUT2D eigenvalue weighted by Crippen LogP contribution is 2.23. The minimum Gasteiger partial charge on any atom is -0.426 e. The monoisotopic (exact) mass is 283 g/mol. The van der Waals surface area contributed by atoms with E-state index in [4.69, 9.17) is 4.42 Å². The smallest absolute Gasteiger partial charge is 0.366 e. The van der Waals surface area contributed by atoms with Crippen molar-refractivity contribution in [2.75, 3.05) is 0 Å². The number of hydrogen-bond donors (Lipinski definition) is 0.